The number of ether oxygens (including phenoxy) is 1. The Balaban J connectivity index is 1.28. The minimum atomic E-state index is -1.15. The van der Waals surface area contributed by atoms with Gasteiger partial charge >= 0.3 is 12.1 Å². The summed E-state index contributed by atoms with van der Waals surface area (Å²) in [5.41, 5.74) is 5.75. The number of H-pyrrole nitrogens is 1. The summed E-state index contributed by atoms with van der Waals surface area (Å²) in [6, 6.07) is 14.9. The van der Waals surface area contributed by atoms with Gasteiger partial charge in [-0.05, 0) is 27.8 Å². The molecule has 3 N–H and O–H groups in total. The Hall–Kier alpha value is -4.20. The van der Waals surface area contributed by atoms with Gasteiger partial charge in [-0.15, -0.1) is 0 Å². The highest BCUT2D eigenvalue weighted by Crippen LogP contribution is 2.44. The molecule has 8 heteroatoms. The number of carbonyl (C=O) groups is 2. The van der Waals surface area contributed by atoms with Crippen molar-refractivity contribution in [3.05, 3.63) is 83.9 Å². The number of hydrogen-bond acceptors (Lipinski definition) is 5. The second-order valence-corrected chi connectivity index (χ2v) is 7.66. The Labute approximate surface area is 183 Å². The van der Waals surface area contributed by atoms with Gasteiger partial charge in [-0.3, -0.25) is 0 Å². The van der Waals surface area contributed by atoms with Crippen LogP contribution in [0.25, 0.3) is 22.2 Å². The number of carboxylic acids is 1. The molecule has 4 aromatic rings. The van der Waals surface area contributed by atoms with Gasteiger partial charge in [-0.2, -0.15) is 0 Å². The summed E-state index contributed by atoms with van der Waals surface area (Å²) in [6.45, 7) is 0.118. The van der Waals surface area contributed by atoms with Crippen molar-refractivity contribution in [1.29, 1.82) is 0 Å². The van der Waals surface area contributed by atoms with Gasteiger partial charge in [0, 0.05) is 30.1 Å². The Bertz CT molecular complexity index is 1270. The van der Waals surface area contributed by atoms with Gasteiger partial charge < -0.3 is 20.1 Å². The van der Waals surface area contributed by atoms with Gasteiger partial charge in [0.1, 0.15) is 24.6 Å². The molecule has 2 aromatic carbocycles. The van der Waals surface area contributed by atoms with Gasteiger partial charge in [0.2, 0.25) is 0 Å². The first-order valence-electron chi connectivity index (χ1n) is 10.2. The summed E-state index contributed by atoms with van der Waals surface area (Å²) >= 11 is 0. The highest BCUT2D eigenvalue weighted by Gasteiger charge is 2.30. The Morgan fingerprint density at radius 3 is 2.47 bits per heavy atom. The number of carboxylic acid groups (broad SMARTS) is 1. The lowest BCUT2D eigenvalue weighted by Crippen LogP contribution is -2.42. The zero-order valence-electron chi connectivity index (χ0n) is 17.0. The first-order valence-corrected chi connectivity index (χ1v) is 10.2. The second-order valence-electron chi connectivity index (χ2n) is 7.66. The lowest BCUT2D eigenvalue weighted by molar-refractivity contribution is -0.139. The molecule has 5 rings (SSSR count). The van der Waals surface area contributed by atoms with Crippen LogP contribution in [0.3, 0.4) is 0 Å². The van der Waals surface area contributed by atoms with Crippen molar-refractivity contribution in [2.24, 2.45) is 0 Å². The van der Waals surface area contributed by atoms with Crippen molar-refractivity contribution in [2.75, 3.05) is 6.61 Å². The number of hydrogen-bond donors (Lipinski definition) is 3. The number of nitrogens with zero attached hydrogens (tertiary/aromatic N) is 2. The van der Waals surface area contributed by atoms with Crippen molar-refractivity contribution in [3.8, 4) is 11.1 Å². The van der Waals surface area contributed by atoms with Crippen molar-refractivity contribution in [1.82, 2.24) is 20.3 Å². The van der Waals surface area contributed by atoms with Gasteiger partial charge in [0.25, 0.3) is 0 Å². The molecule has 0 bridgehead atoms. The molecule has 0 spiro atoms. The first kappa shape index (κ1) is 19.7. The van der Waals surface area contributed by atoms with Crippen molar-refractivity contribution >= 4 is 23.1 Å². The predicted octanol–water partition coefficient (Wildman–Crippen LogP) is 3.49. The minimum Gasteiger partial charge on any atom is -0.480 e. The number of rotatable bonds is 6. The highest BCUT2D eigenvalue weighted by atomic mass is 16.5. The van der Waals surface area contributed by atoms with Crippen molar-refractivity contribution in [3.63, 3.8) is 0 Å². The SMILES string of the molecule is O=C(NC(Cc1c[nH]c2ncncc12)C(=O)O)OCC1c2ccccc2-c2ccccc21. The first-order chi connectivity index (χ1) is 15.6. The van der Waals surface area contributed by atoms with E-state index in [9.17, 15) is 14.7 Å². The van der Waals surface area contributed by atoms with E-state index in [1.54, 1.807) is 12.4 Å². The molecular weight excluding hydrogens is 408 g/mol. The molecule has 1 aliphatic carbocycles. The van der Waals surface area contributed by atoms with E-state index in [-0.39, 0.29) is 18.9 Å². The van der Waals surface area contributed by atoms with E-state index < -0.39 is 18.1 Å². The summed E-state index contributed by atoms with van der Waals surface area (Å²) < 4.78 is 5.48. The lowest BCUT2D eigenvalue weighted by atomic mass is 9.98. The molecule has 0 radical (unpaired) electrons. The molecule has 160 valence electrons. The molecule has 1 aliphatic rings. The van der Waals surface area contributed by atoms with E-state index in [2.05, 4.69) is 32.4 Å². The normalized spacial score (nSPS) is 13.4. The van der Waals surface area contributed by atoms with Gasteiger partial charge in [-0.25, -0.2) is 19.6 Å². The molecule has 1 amide bonds. The maximum absolute atomic E-state index is 12.5. The third-order valence-electron chi connectivity index (χ3n) is 5.80. The molecule has 32 heavy (non-hydrogen) atoms. The average Bonchev–Trinajstić information content (AvgIpc) is 3.36. The largest absolute Gasteiger partial charge is 0.480 e. The maximum atomic E-state index is 12.5. The topological polar surface area (TPSA) is 117 Å². The Kier molecular flexibility index (Phi) is 5.03. The van der Waals surface area contributed by atoms with Crippen LogP contribution in [0, 0.1) is 0 Å². The van der Waals surface area contributed by atoms with Crippen LogP contribution in [0.15, 0.2) is 67.3 Å². The molecule has 0 fully saturated rings. The van der Waals surface area contributed by atoms with E-state index in [0.29, 0.717) is 16.6 Å². The standard InChI is InChI=1S/C24H20N4O4/c29-23(30)21(9-14-10-26-22-19(14)11-25-13-27-22)28-24(31)32-12-20-17-7-3-1-5-15(17)16-6-2-4-8-18(16)20/h1-8,10-11,13,20-21H,9,12H2,(H,28,31)(H,29,30)(H,25,26,27). The van der Waals surface area contributed by atoms with Crippen molar-refractivity contribution in [2.45, 2.75) is 18.4 Å². The minimum absolute atomic E-state index is 0.0763. The van der Waals surface area contributed by atoms with Crippen LogP contribution in [-0.4, -0.2) is 44.8 Å². The number of benzene rings is 2. The fraction of sp³-hybridized carbons (Fsp3) is 0.167. The number of aromatic nitrogens is 3. The molecule has 0 saturated carbocycles. The third-order valence-corrected chi connectivity index (χ3v) is 5.80. The monoisotopic (exact) mass is 428 g/mol. The molecule has 1 atom stereocenters. The van der Waals surface area contributed by atoms with E-state index in [1.807, 2.05) is 36.4 Å². The summed E-state index contributed by atoms with van der Waals surface area (Å²) in [5, 5.41) is 12.8. The van der Waals surface area contributed by atoms with Crippen LogP contribution in [0.1, 0.15) is 22.6 Å². The third kappa shape index (κ3) is 3.56. The van der Waals surface area contributed by atoms with E-state index in [4.69, 9.17) is 4.74 Å². The van der Waals surface area contributed by atoms with Gasteiger partial charge in [0.15, 0.2) is 0 Å². The van der Waals surface area contributed by atoms with Crippen LogP contribution in [-0.2, 0) is 16.0 Å². The quantitative estimate of drug-likeness (QED) is 0.433. The van der Waals surface area contributed by atoms with Crippen LogP contribution in [0.2, 0.25) is 0 Å². The Morgan fingerprint density at radius 2 is 1.78 bits per heavy atom. The highest BCUT2D eigenvalue weighted by molar-refractivity contribution is 5.83. The lowest BCUT2D eigenvalue weighted by Gasteiger charge is -2.17. The average molecular weight is 428 g/mol. The molecule has 2 aromatic heterocycles. The van der Waals surface area contributed by atoms with Crippen LogP contribution in [0.4, 0.5) is 4.79 Å². The molecular formula is C24H20N4O4. The summed E-state index contributed by atoms with van der Waals surface area (Å²) in [7, 11) is 0. The smallest absolute Gasteiger partial charge is 0.407 e. The van der Waals surface area contributed by atoms with Gasteiger partial charge in [0.05, 0.1) is 0 Å². The number of nitrogens with one attached hydrogen (secondary N) is 2. The number of fused-ring (bicyclic) bond motifs is 4. The second kappa shape index (κ2) is 8.14. The maximum Gasteiger partial charge on any atom is 0.407 e. The number of amides is 1. The number of aliphatic carboxylic acids is 1. The number of aromatic amines is 1. The molecule has 8 nitrogen and oxygen atoms in total. The summed E-state index contributed by atoms with van der Waals surface area (Å²) in [6.07, 6.45) is 4.00. The van der Waals surface area contributed by atoms with Crippen molar-refractivity contribution < 1.29 is 19.4 Å². The van der Waals surface area contributed by atoms with E-state index in [0.717, 1.165) is 22.3 Å². The fourth-order valence-corrected chi connectivity index (χ4v) is 4.28. The summed E-state index contributed by atoms with van der Waals surface area (Å²) in [4.78, 5) is 35.3. The van der Waals surface area contributed by atoms with Crippen LogP contribution < -0.4 is 5.32 Å². The van der Waals surface area contributed by atoms with E-state index >= 15 is 0 Å². The predicted molar refractivity (Wildman–Crippen MR) is 117 cm³/mol. The van der Waals surface area contributed by atoms with Crippen LogP contribution >= 0.6 is 0 Å². The molecule has 2 heterocycles. The molecule has 0 aliphatic heterocycles. The molecule has 0 saturated heterocycles. The molecule has 1 unspecified atom stereocenters. The number of alkyl carbamates (subject to hydrolysis) is 1. The van der Waals surface area contributed by atoms with E-state index in [1.165, 1.54) is 6.33 Å². The zero-order valence-corrected chi connectivity index (χ0v) is 17.0. The van der Waals surface area contributed by atoms with Crippen LogP contribution in [0.5, 0.6) is 0 Å². The Morgan fingerprint density at radius 1 is 1.09 bits per heavy atom. The van der Waals surface area contributed by atoms with Gasteiger partial charge in [-0.1, -0.05) is 48.5 Å². The number of carbonyl (C=O) groups excluding carboxylic acids is 1. The zero-order chi connectivity index (χ0) is 22.1. The fourth-order valence-electron chi connectivity index (χ4n) is 4.28. The summed E-state index contributed by atoms with van der Waals surface area (Å²) in [5.74, 6) is -1.24.